The highest BCUT2D eigenvalue weighted by atomic mass is 13.9. The lowest BCUT2D eigenvalue weighted by Gasteiger charge is -1.92. The molecule has 0 amide bonds. The molecule has 0 bridgehead atoms. The summed E-state index contributed by atoms with van der Waals surface area (Å²) in [6.07, 6.45) is 12.0. The third kappa shape index (κ3) is 7.74. The van der Waals surface area contributed by atoms with Gasteiger partial charge in [0.1, 0.15) is 0 Å². The number of hydrogen-bond donors (Lipinski definition) is 0. The molecule has 0 aromatic rings. The second kappa shape index (κ2) is 8.74. The summed E-state index contributed by atoms with van der Waals surface area (Å²) in [6.45, 7) is 5.97. The van der Waals surface area contributed by atoms with Gasteiger partial charge < -0.3 is 0 Å². The van der Waals surface area contributed by atoms with Crippen LogP contribution in [0.25, 0.3) is 0 Å². The number of rotatable bonds is 6. The molecule has 10 heavy (non-hydrogen) atoms. The first kappa shape index (κ1) is 9.74. The van der Waals surface area contributed by atoms with Crippen molar-refractivity contribution in [1.82, 2.24) is 0 Å². The van der Waals surface area contributed by atoms with E-state index in [0.29, 0.717) is 0 Å². The van der Waals surface area contributed by atoms with Crippen molar-refractivity contribution in [2.24, 2.45) is 0 Å². The number of hydrogen-bond acceptors (Lipinski definition) is 0. The summed E-state index contributed by atoms with van der Waals surface area (Å²) >= 11 is 0. The van der Waals surface area contributed by atoms with Crippen molar-refractivity contribution in [2.45, 2.75) is 45.4 Å². The van der Waals surface area contributed by atoms with Gasteiger partial charge in [-0.25, -0.2) is 0 Å². The minimum atomic E-state index is 0.938. The van der Waals surface area contributed by atoms with E-state index in [1.807, 2.05) is 0 Å². The molecule has 0 unspecified atom stereocenters. The van der Waals surface area contributed by atoms with Gasteiger partial charge in [0.05, 0.1) is 0 Å². The Morgan fingerprint density at radius 2 is 1.90 bits per heavy atom. The van der Waals surface area contributed by atoms with Crippen LogP contribution in [0, 0.1) is 6.92 Å². The van der Waals surface area contributed by atoms with Gasteiger partial charge in [0, 0.05) is 0 Å². The Hall–Kier alpha value is -0.260. The quantitative estimate of drug-likeness (QED) is 0.388. The van der Waals surface area contributed by atoms with Crippen LogP contribution in [0.3, 0.4) is 0 Å². The fourth-order valence-electron chi connectivity index (χ4n) is 0.925. The van der Waals surface area contributed by atoms with Crippen LogP contribution < -0.4 is 0 Å². The minimum Gasteiger partial charge on any atom is -0.0885 e. The summed E-state index contributed by atoms with van der Waals surface area (Å²) < 4.78 is 0. The Morgan fingerprint density at radius 3 is 2.50 bits per heavy atom. The summed E-state index contributed by atoms with van der Waals surface area (Å²) in [4.78, 5) is 0. The van der Waals surface area contributed by atoms with Crippen molar-refractivity contribution in [3.8, 4) is 0 Å². The molecule has 0 aromatic carbocycles. The van der Waals surface area contributed by atoms with Gasteiger partial charge in [-0.05, 0) is 26.2 Å². The number of unbranched alkanes of at least 4 members (excludes halogenated alkanes) is 4. The van der Waals surface area contributed by atoms with Crippen LogP contribution in [0.1, 0.15) is 45.4 Å². The van der Waals surface area contributed by atoms with E-state index in [2.05, 4.69) is 26.0 Å². The van der Waals surface area contributed by atoms with E-state index < -0.39 is 0 Å². The van der Waals surface area contributed by atoms with Gasteiger partial charge in [0.15, 0.2) is 0 Å². The van der Waals surface area contributed by atoms with Crippen molar-refractivity contribution in [3.05, 3.63) is 19.1 Å². The van der Waals surface area contributed by atoms with Gasteiger partial charge >= 0.3 is 0 Å². The van der Waals surface area contributed by atoms with Gasteiger partial charge in [-0.15, -0.1) is 0 Å². The summed E-state index contributed by atoms with van der Waals surface area (Å²) in [6, 6.07) is 0. The predicted molar refractivity (Wildman–Crippen MR) is 47.9 cm³/mol. The maximum Gasteiger partial charge on any atom is -0.0351 e. The van der Waals surface area contributed by atoms with E-state index in [1.165, 1.54) is 32.1 Å². The van der Waals surface area contributed by atoms with Crippen molar-refractivity contribution in [3.63, 3.8) is 0 Å². The fraction of sp³-hybridized carbons (Fsp3) is 0.700. The normalized spacial score (nSPS) is 11.0. The van der Waals surface area contributed by atoms with E-state index in [4.69, 9.17) is 0 Å². The molecule has 0 heterocycles. The molecule has 0 saturated heterocycles. The fourth-order valence-corrected chi connectivity index (χ4v) is 0.925. The van der Waals surface area contributed by atoms with Crippen molar-refractivity contribution < 1.29 is 0 Å². The average molecular weight is 139 g/mol. The molecular weight excluding hydrogens is 120 g/mol. The second-order valence-corrected chi connectivity index (χ2v) is 2.61. The first-order chi connectivity index (χ1) is 4.91. The molecule has 0 atom stereocenters. The molecule has 0 rings (SSSR count). The monoisotopic (exact) mass is 139 g/mol. The summed E-state index contributed by atoms with van der Waals surface area (Å²) in [7, 11) is 0. The van der Waals surface area contributed by atoms with Crippen LogP contribution >= 0.6 is 0 Å². The Balaban J connectivity index is 2.83. The predicted octanol–water partition coefficient (Wildman–Crippen LogP) is 3.74. The molecule has 1 radical (unpaired) electrons. The van der Waals surface area contributed by atoms with Crippen molar-refractivity contribution >= 4 is 0 Å². The van der Waals surface area contributed by atoms with Crippen LogP contribution in [-0.2, 0) is 0 Å². The zero-order chi connectivity index (χ0) is 7.66. The van der Waals surface area contributed by atoms with Gasteiger partial charge in [0.25, 0.3) is 0 Å². The SMILES string of the molecule is [CH2]C/C=C/CCCCCC. The smallest absolute Gasteiger partial charge is 0.0351 e. The van der Waals surface area contributed by atoms with Crippen molar-refractivity contribution in [1.29, 1.82) is 0 Å². The minimum absolute atomic E-state index is 0.938. The Bertz CT molecular complexity index is 72.1. The van der Waals surface area contributed by atoms with E-state index in [1.54, 1.807) is 0 Å². The van der Waals surface area contributed by atoms with E-state index in [-0.39, 0.29) is 0 Å². The Kier molecular flexibility index (Phi) is 8.51. The van der Waals surface area contributed by atoms with Gasteiger partial charge in [-0.1, -0.05) is 38.3 Å². The lowest BCUT2D eigenvalue weighted by atomic mass is 10.1. The molecule has 0 aromatic heterocycles. The zero-order valence-corrected chi connectivity index (χ0v) is 7.10. The van der Waals surface area contributed by atoms with Crippen LogP contribution in [0.15, 0.2) is 12.2 Å². The van der Waals surface area contributed by atoms with Crippen LogP contribution in [-0.4, -0.2) is 0 Å². The summed E-state index contributed by atoms with van der Waals surface area (Å²) in [5.41, 5.74) is 0. The maximum atomic E-state index is 3.73. The molecule has 0 aliphatic rings. The first-order valence-corrected chi connectivity index (χ1v) is 4.36. The molecule has 0 aliphatic heterocycles. The lowest BCUT2D eigenvalue weighted by molar-refractivity contribution is 0.674. The van der Waals surface area contributed by atoms with Gasteiger partial charge in [-0.2, -0.15) is 0 Å². The van der Waals surface area contributed by atoms with Gasteiger partial charge in [0.2, 0.25) is 0 Å². The zero-order valence-electron chi connectivity index (χ0n) is 7.10. The first-order valence-electron chi connectivity index (χ1n) is 4.36. The largest absolute Gasteiger partial charge is 0.0885 e. The highest BCUT2D eigenvalue weighted by molar-refractivity contribution is 4.81. The third-order valence-corrected chi connectivity index (χ3v) is 1.56. The Morgan fingerprint density at radius 1 is 1.10 bits per heavy atom. The summed E-state index contributed by atoms with van der Waals surface area (Å²) in [5, 5.41) is 0. The number of allylic oxidation sites excluding steroid dienone is 2. The van der Waals surface area contributed by atoms with E-state index in [0.717, 1.165) is 6.42 Å². The standard InChI is InChI=1S/C10H19/c1-3-5-7-9-10-8-6-4-2/h5,7H,1,3-4,6,8-10H2,2H3/b7-5+. The molecule has 0 saturated carbocycles. The van der Waals surface area contributed by atoms with Crippen LogP contribution in [0.4, 0.5) is 0 Å². The molecule has 0 N–H and O–H groups in total. The average Bonchev–Trinajstić information content (AvgIpc) is 1.97. The second-order valence-electron chi connectivity index (χ2n) is 2.61. The molecule has 0 nitrogen and oxygen atoms in total. The molecule has 0 spiro atoms. The highest BCUT2D eigenvalue weighted by Gasteiger charge is 1.82. The third-order valence-electron chi connectivity index (χ3n) is 1.56. The molecule has 0 heteroatoms. The van der Waals surface area contributed by atoms with E-state index in [9.17, 15) is 0 Å². The molecular formula is C10H19. The Labute approximate surface area is 65.3 Å². The molecule has 0 aliphatic carbocycles. The lowest BCUT2D eigenvalue weighted by Crippen LogP contribution is -1.73. The maximum absolute atomic E-state index is 3.73. The highest BCUT2D eigenvalue weighted by Crippen LogP contribution is 2.02. The summed E-state index contributed by atoms with van der Waals surface area (Å²) in [5.74, 6) is 0. The van der Waals surface area contributed by atoms with Crippen molar-refractivity contribution in [2.75, 3.05) is 0 Å². The van der Waals surface area contributed by atoms with Crippen LogP contribution in [0.2, 0.25) is 0 Å². The molecule has 59 valence electrons. The topological polar surface area (TPSA) is 0 Å². The van der Waals surface area contributed by atoms with Gasteiger partial charge in [-0.3, -0.25) is 0 Å². The van der Waals surface area contributed by atoms with E-state index >= 15 is 0 Å². The van der Waals surface area contributed by atoms with Crippen LogP contribution in [0.5, 0.6) is 0 Å². The molecule has 0 fully saturated rings.